The predicted octanol–water partition coefficient (Wildman–Crippen LogP) is 3.90. The summed E-state index contributed by atoms with van der Waals surface area (Å²) >= 11 is 0. The van der Waals surface area contributed by atoms with Crippen LogP contribution >= 0.6 is 0 Å². The lowest BCUT2D eigenvalue weighted by Crippen LogP contribution is -2.12. The Morgan fingerprint density at radius 3 is 2.84 bits per heavy atom. The van der Waals surface area contributed by atoms with Gasteiger partial charge in [-0.25, -0.2) is 0 Å². The first-order valence-electron chi connectivity index (χ1n) is 8.54. The number of aryl methyl sites for hydroxylation is 1. The van der Waals surface area contributed by atoms with Gasteiger partial charge < -0.3 is 19.8 Å². The van der Waals surface area contributed by atoms with Gasteiger partial charge in [0.15, 0.2) is 11.5 Å². The molecule has 0 saturated carbocycles. The summed E-state index contributed by atoms with van der Waals surface area (Å²) in [6.07, 6.45) is 3.96. The van der Waals surface area contributed by atoms with E-state index < -0.39 is 0 Å². The molecule has 1 amide bonds. The van der Waals surface area contributed by atoms with Crippen molar-refractivity contribution in [2.24, 2.45) is 0 Å². The van der Waals surface area contributed by atoms with Crippen molar-refractivity contribution >= 4 is 22.5 Å². The van der Waals surface area contributed by atoms with Crippen LogP contribution in [0, 0.1) is 0 Å². The third-order valence-corrected chi connectivity index (χ3v) is 4.33. The van der Waals surface area contributed by atoms with Crippen LogP contribution in [0.3, 0.4) is 0 Å². The Morgan fingerprint density at radius 1 is 1.08 bits per heavy atom. The first kappa shape index (κ1) is 15.6. The Labute approximate surface area is 146 Å². The molecule has 2 heterocycles. The van der Waals surface area contributed by atoms with Crippen molar-refractivity contribution in [3.8, 4) is 11.5 Å². The number of para-hydroxylation sites is 1. The van der Waals surface area contributed by atoms with E-state index in [0.717, 1.165) is 28.9 Å². The average Bonchev–Trinajstić information content (AvgIpc) is 2.89. The maximum atomic E-state index is 12.3. The first-order valence-corrected chi connectivity index (χ1v) is 8.54. The summed E-state index contributed by atoms with van der Waals surface area (Å²) in [7, 11) is 0. The van der Waals surface area contributed by atoms with E-state index in [0.29, 0.717) is 31.8 Å². The van der Waals surface area contributed by atoms with Crippen LogP contribution in [0.5, 0.6) is 11.5 Å². The second-order valence-corrected chi connectivity index (χ2v) is 6.12. The molecule has 5 heteroatoms. The van der Waals surface area contributed by atoms with Crippen LogP contribution < -0.4 is 14.8 Å². The summed E-state index contributed by atoms with van der Waals surface area (Å²) in [6, 6.07) is 13.6. The highest BCUT2D eigenvalue weighted by Crippen LogP contribution is 2.32. The zero-order chi connectivity index (χ0) is 17.1. The molecule has 5 nitrogen and oxygen atoms in total. The number of ether oxygens (including phenoxy) is 2. The number of aromatic amines is 1. The second-order valence-electron chi connectivity index (χ2n) is 6.12. The largest absolute Gasteiger partial charge is 0.490 e. The van der Waals surface area contributed by atoms with Gasteiger partial charge in [0.25, 0.3) is 0 Å². The van der Waals surface area contributed by atoms with Crippen LogP contribution in [0.25, 0.3) is 10.9 Å². The van der Waals surface area contributed by atoms with Gasteiger partial charge in [0.1, 0.15) is 0 Å². The summed E-state index contributed by atoms with van der Waals surface area (Å²) in [5.41, 5.74) is 2.98. The van der Waals surface area contributed by atoms with Crippen molar-refractivity contribution in [3.63, 3.8) is 0 Å². The van der Waals surface area contributed by atoms with Gasteiger partial charge in [0.2, 0.25) is 5.91 Å². The molecular formula is C20H20N2O3. The molecule has 2 N–H and O–H groups in total. The maximum absolute atomic E-state index is 12.3. The molecule has 0 radical (unpaired) electrons. The quantitative estimate of drug-likeness (QED) is 0.759. The standard InChI is InChI=1S/C20H20N2O3/c23-20(9-6-14-13-21-17-5-2-1-4-16(14)17)22-15-7-8-18-19(12-15)25-11-3-10-24-18/h1-2,4-5,7-8,12-13,21H,3,6,9-11H2,(H,22,23). The Balaban J connectivity index is 1.40. The molecule has 128 valence electrons. The molecule has 25 heavy (non-hydrogen) atoms. The van der Waals surface area contributed by atoms with Crippen molar-refractivity contribution in [2.75, 3.05) is 18.5 Å². The van der Waals surface area contributed by atoms with E-state index in [9.17, 15) is 4.79 Å². The number of nitrogens with one attached hydrogen (secondary N) is 2. The van der Waals surface area contributed by atoms with Gasteiger partial charge in [-0.15, -0.1) is 0 Å². The van der Waals surface area contributed by atoms with E-state index in [1.807, 2.05) is 42.6 Å². The Kier molecular flexibility index (Phi) is 4.29. The molecule has 0 fully saturated rings. The number of aromatic nitrogens is 1. The summed E-state index contributed by atoms with van der Waals surface area (Å²) in [6.45, 7) is 1.29. The molecular weight excluding hydrogens is 316 g/mol. The smallest absolute Gasteiger partial charge is 0.224 e. The molecule has 1 aromatic heterocycles. The molecule has 3 aromatic rings. The number of fused-ring (bicyclic) bond motifs is 2. The second kappa shape index (κ2) is 6.89. The lowest BCUT2D eigenvalue weighted by molar-refractivity contribution is -0.116. The lowest BCUT2D eigenvalue weighted by Gasteiger charge is -2.10. The first-order chi connectivity index (χ1) is 12.3. The van der Waals surface area contributed by atoms with Gasteiger partial charge in [0.05, 0.1) is 13.2 Å². The van der Waals surface area contributed by atoms with E-state index in [1.165, 1.54) is 5.39 Å². The number of carbonyl (C=O) groups is 1. The molecule has 0 atom stereocenters. The Morgan fingerprint density at radius 2 is 1.92 bits per heavy atom. The fourth-order valence-electron chi connectivity index (χ4n) is 3.05. The number of carbonyl (C=O) groups excluding carboxylic acids is 1. The third-order valence-electron chi connectivity index (χ3n) is 4.33. The van der Waals surface area contributed by atoms with E-state index in [1.54, 1.807) is 0 Å². The number of amides is 1. The SMILES string of the molecule is O=C(CCc1c[nH]c2ccccc12)Nc1ccc2c(c1)OCCCO2. The van der Waals surface area contributed by atoms with Crippen molar-refractivity contribution < 1.29 is 14.3 Å². The van der Waals surface area contributed by atoms with Crippen LogP contribution in [0.4, 0.5) is 5.69 Å². The molecule has 4 rings (SSSR count). The Bertz CT molecular complexity index is 901. The summed E-state index contributed by atoms with van der Waals surface area (Å²) in [4.78, 5) is 15.5. The van der Waals surface area contributed by atoms with Gasteiger partial charge in [0, 0.05) is 41.7 Å². The number of rotatable bonds is 4. The minimum Gasteiger partial charge on any atom is -0.490 e. The molecule has 0 saturated heterocycles. The minimum absolute atomic E-state index is 0.0141. The van der Waals surface area contributed by atoms with Gasteiger partial charge >= 0.3 is 0 Å². The van der Waals surface area contributed by atoms with Crippen molar-refractivity contribution in [1.82, 2.24) is 4.98 Å². The molecule has 0 unspecified atom stereocenters. The average molecular weight is 336 g/mol. The van der Waals surface area contributed by atoms with Gasteiger partial charge in [-0.2, -0.15) is 0 Å². The number of benzene rings is 2. The van der Waals surface area contributed by atoms with E-state index in [-0.39, 0.29) is 5.91 Å². The van der Waals surface area contributed by atoms with Crippen LogP contribution in [0.1, 0.15) is 18.4 Å². The Hall–Kier alpha value is -2.95. The van der Waals surface area contributed by atoms with Crippen LogP contribution in [0.2, 0.25) is 0 Å². The van der Waals surface area contributed by atoms with Crippen LogP contribution in [-0.2, 0) is 11.2 Å². The molecule has 2 aromatic carbocycles. The van der Waals surface area contributed by atoms with E-state index in [4.69, 9.17) is 9.47 Å². The third kappa shape index (κ3) is 3.45. The van der Waals surface area contributed by atoms with E-state index >= 15 is 0 Å². The number of H-pyrrole nitrogens is 1. The van der Waals surface area contributed by atoms with Crippen LogP contribution in [-0.4, -0.2) is 24.1 Å². The summed E-state index contributed by atoms with van der Waals surface area (Å²) in [5.74, 6) is 1.40. The predicted molar refractivity (Wildman–Crippen MR) is 97.3 cm³/mol. The summed E-state index contributed by atoms with van der Waals surface area (Å²) < 4.78 is 11.3. The molecule has 0 spiro atoms. The highest BCUT2D eigenvalue weighted by atomic mass is 16.5. The number of hydrogen-bond donors (Lipinski definition) is 2. The normalized spacial score (nSPS) is 13.4. The van der Waals surface area contributed by atoms with Crippen molar-refractivity contribution in [3.05, 3.63) is 54.2 Å². The molecule has 0 aliphatic carbocycles. The van der Waals surface area contributed by atoms with E-state index in [2.05, 4.69) is 16.4 Å². The van der Waals surface area contributed by atoms with Crippen molar-refractivity contribution in [1.29, 1.82) is 0 Å². The minimum atomic E-state index is -0.0141. The lowest BCUT2D eigenvalue weighted by atomic mass is 10.1. The number of anilines is 1. The fourth-order valence-corrected chi connectivity index (χ4v) is 3.05. The maximum Gasteiger partial charge on any atom is 0.224 e. The highest BCUT2D eigenvalue weighted by Gasteiger charge is 2.12. The summed E-state index contributed by atoms with van der Waals surface area (Å²) in [5, 5.41) is 4.11. The molecule has 1 aliphatic heterocycles. The topological polar surface area (TPSA) is 63.4 Å². The van der Waals surface area contributed by atoms with Gasteiger partial charge in [-0.1, -0.05) is 18.2 Å². The zero-order valence-electron chi connectivity index (χ0n) is 13.9. The molecule has 1 aliphatic rings. The zero-order valence-corrected chi connectivity index (χ0v) is 13.9. The molecule has 0 bridgehead atoms. The van der Waals surface area contributed by atoms with Crippen LogP contribution in [0.15, 0.2) is 48.7 Å². The number of hydrogen-bond acceptors (Lipinski definition) is 3. The van der Waals surface area contributed by atoms with Crippen molar-refractivity contribution in [2.45, 2.75) is 19.3 Å². The monoisotopic (exact) mass is 336 g/mol. The highest BCUT2D eigenvalue weighted by molar-refractivity contribution is 5.92. The fraction of sp³-hybridized carbons (Fsp3) is 0.250. The van der Waals surface area contributed by atoms with Gasteiger partial charge in [-0.05, 0) is 30.2 Å². The van der Waals surface area contributed by atoms with Gasteiger partial charge in [-0.3, -0.25) is 4.79 Å².